The summed E-state index contributed by atoms with van der Waals surface area (Å²) in [5, 5.41) is 10.0. The Morgan fingerprint density at radius 2 is 2.00 bits per heavy atom. The van der Waals surface area contributed by atoms with Crippen LogP contribution in [-0.4, -0.2) is 17.2 Å². The minimum absolute atomic E-state index is 0.0256. The highest BCUT2D eigenvalue weighted by molar-refractivity contribution is 8.01. The molecule has 0 aliphatic carbocycles. The Bertz CT molecular complexity index is 963. The van der Waals surface area contributed by atoms with E-state index in [1.807, 2.05) is 0 Å². The number of nitrogens with one attached hydrogen (secondary N) is 1. The fourth-order valence-electron chi connectivity index (χ4n) is 2.30. The first-order chi connectivity index (χ1) is 11.3. The van der Waals surface area contributed by atoms with E-state index in [4.69, 9.17) is 4.74 Å². The van der Waals surface area contributed by atoms with Crippen molar-refractivity contribution in [2.75, 3.05) is 7.11 Å². The van der Waals surface area contributed by atoms with Crippen LogP contribution >= 0.6 is 23.1 Å². The maximum atomic E-state index is 13.3. The van der Waals surface area contributed by atoms with Crippen molar-refractivity contribution in [3.05, 3.63) is 45.6 Å². The van der Waals surface area contributed by atoms with Crippen molar-refractivity contribution < 1.29 is 23.0 Å². The Labute approximate surface area is 141 Å². The summed E-state index contributed by atoms with van der Waals surface area (Å²) in [6.45, 7) is 0. The molecule has 3 rings (SSSR count). The van der Waals surface area contributed by atoms with Crippen molar-refractivity contribution in [2.45, 2.75) is 15.3 Å². The number of fused-ring (bicyclic) bond motifs is 1. The van der Waals surface area contributed by atoms with Crippen molar-refractivity contribution in [1.29, 1.82) is 0 Å². The maximum Gasteiger partial charge on any atom is 0.420 e. The highest BCUT2D eigenvalue weighted by Gasteiger charge is 2.36. The normalized spacial score (nSPS) is 11.8. The fourth-order valence-corrected chi connectivity index (χ4v) is 4.13. The van der Waals surface area contributed by atoms with Gasteiger partial charge in [-0.25, -0.2) is 0 Å². The zero-order valence-electron chi connectivity index (χ0n) is 12.1. The first-order valence-electron chi connectivity index (χ1n) is 6.57. The summed E-state index contributed by atoms with van der Waals surface area (Å²) < 4.78 is 45.1. The van der Waals surface area contributed by atoms with Gasteiger partial charge < -0.3 is 9.84 Å². The molecule has 0 unspecified atom stereocenters. The third-order valence-corrected chi connectivity index (χ3v) is 5.30. The van der Waals surface area contributed by atoms with Gasteiger partial charge in [0.25, 0.3) is 0 Å². The minimum Gasteiger partial charge on any atom is -0.496 e. The van der Waals surface area contributed by atoms with Crippen molar-refractivity contribution in [1.82, 2.24) is 4.98 Å². The molecule has 4 nitrogen and oxygen atoms in total. The molecule has 0 aliphatic rings. The second-order valence-electron chi connectivity index (χ2n) is 4.78. The fraction of sp³-hybridized carbons (Fsp3) is 0.133. The number of aromatic amines is 1. The number of hydrogen-bond acceptors (Lipinski definition) is 5. The molecule has 0 saturated heterocycles. The lowest BCUT2D eigenvalue weighted by molar-refractivity contribution is -0.137. The van der Waals surface area contributed by atoms with Crippen LogP contribution < -0.4 is 9.61 Å². The van der Waals surface area contributed by atoms with Crippen molar-refractivity contribution in [2.24, 2.45) is 0 Å². The third kappa shape index (κ3) is 3.09. The SMILES string of the molecule is COc1ccc2cc(Sc3sc(=O)[nH]c3O)ccc2c1C(F)(F)F. The van der Waals surface area contributed by atoms with Crippen LogP contribution in [0.3, 0.4) is 0 Å². The maximum absolute atomic E-state index is 13.3. The molecule has 1 heterocycles. The molecule has 9 heteroatoms. The van der Waals surface area contributed by atoms with E-state index in [2.05, 4.69) is 4.98 Å². The summed E-state index contributed by atoms with van der Waals surface area (Å²) in [6, 6.07) is 7.23. The van der Waals surface area contributed by atoms with Crippen LogP contribution in [0, 0.1) is 0 Å². The molecule has 0 saturated carbocycles. The van der Waals surface area contributed by atoms with Crippen LogP contribution in [0.25, 0.3) is 10.8 Å². The van der Waals surface area contributed by atoms with Gasteiger partial charge in [-0.2, -0.15) is 13.2 Å². The number of benzene rings is 2. The second-order valence-corrected chi connectivity index (χ2v) is 7.10. The number of alkyl halides is 3. The Morgan fingerprint density at radius 1 is 1.25 bits per heavy atom. The van der Waals surface area contributed by atoms with Crippen LogP contribution in [0.2, 0.25) is 0 Å². The summed E-state index contributed by atoms with van der Waals surface area (Å²) >= 11 is 1.93. The highest BCUT2D eigenvalue weighted by atomic mass is 32.2. The standard InChI is InChI=1S/C15H10F3NO3S2/c1-22-10-5-2-7-6-8(23-13-12(20)19-14(21)24-13)3-4-9(7)11(10)15(16,17)18/h2-6,20H,1H3,(H,19,21). The van der Waals surface area contributed by atoms with Gasteiger partial charge in [-0.15, -0.1) is 0 Å². The van der Waals surface area contributed by atoms with Crippen LogP contribution in [-0.2, 0) is 6.18 Å². The van der Waals surface area contributed by atoms with E-state index in [-0.39, 0.29) is 17.0 Å². The van der Waals surface area contributed by atoms with Crippen molar-refractivity contribution in [3.63, 3.8) is 0 Å². The Hall–Kier alpha value is -2.13. The van der Waals surface area contributed by atoms with Gasteiger partial charge in [-0.05, 0) is 29.0 Å². The topological polar surface area (TPSA) is 62.3 Å². The Kier molecular flexibility index (Phi) is 4.22. The van der Waals surface area contributed by atoms with E-state index in [1.165, 1.54) is 31.4 Å². The summed E-state index contributed by atoms with van der Waals surface area (Å²) in [7, 11) is 1.19. The summed E-state index contributed by atoms with van der Waals surface area (Å²) in [5.41, 5.74) is -0.826. The van der Waals surface area contributed by atoms with Gasteiger partial charge in [0.2, 0.25) is 5.88 Å². The van der Waals surface area contributed by atoms with Gasteiger partial charge in [0, 0.05) is 4.90 Å². The molecule has 2 aromatic carbocycles. The molecule has 0 atom stereocenters. The van der Waals surface area contributed by atoms with Gasteiger partial charge in [0.1, 0.15) is 15.5 Å². The summed E-state index contributed by atoms with van der Waals surface area (Å²) in [4.78, 5) is 13.6. The number of halogens is 3. The smallest absolute Gasteiger partial charge is 0.420 e. The molecular weight excluding hydrogens is 363 g/mol. The molecule has 126 valence electrons. The van der Waals surface area contributed by atoms with E-state index in [1.54, 1.807) is 6.07 Å². The van der Waals surface area contributed by atoms with Gasteiger partial charge >= 0.3 is 11.0 Å². The second kappa shape index (κ2) is 6.06. The first kappa shape index (κ1) is 16.7. The lowest BCUT2D eigenvalue weighted by atomic mass is 10.0. The van der Waals surface area contributed by atoms with E-state index in [0.29, 0.717) is 14.5 Å². The number of aromatic nitrogens is 1. The number of hydrogen-bond donors (Lipinski definition) is 2. The molecule has 0 amide bonds. The molecule has 0 aliphatic heterocycles. The summed E-state index contributed by atoms with van der Waals surface area (Å²) in [6.07, 6.45) is -4.54. The van der Waals surface area contributed by atoms with Crippen LogP contribution in [0.5, 0.6) is 11.6 Å². The van der Waals surface area contributed by atoms with Crippen molar-refractivity contribution >= 4 is 33.9 Å². The number of aromatic hydroxyl groups is 1. The average Bonchev–Trinajstić information content (AvgIpc) is 2.82. The van der Waals surface area contributed by atoms with Crippen LogP contribution in [0.4, 0.5) is 13.2 Å². The van der Waals surface area contributed by atoms with Gasteiger partial charge in [0.15, 0.2) is 0 Å². The highest BCUT2D eigenvalue weighted by Crippen LogP contribution is 2.43. The molecule has 0 fully saturated rings. The van der Waals surface area contributed by atoms with Crippen LogP contribution in [0.1, 0.15) is 5.56 Å². The Morgan fingerprint density at radius 3 is 2.58 bits per heavy atom. The zero-order valence-corrected chi connectivity index (χ0v) is 13.7. The quantitative estimate of drug-likeness (QED) is 0.711. The van der Waals surface area contributed by atoms with E-state index >= 15 is 0 Å². The molecule has 24 heavy (non-hydrogen) atoms. The van der Waals surface area contributed by atoms with Crippen molar-refractivity contribution in [3.8, 4) is 11.6 Å². The monoisotopic (exact) mass is 373 g/mol. The number of rotatable bonds is 3. The third-order valence-electron chi connectivity index (χ3n) is 3.27. The summed E-state index contributed by atoms with van der Waals surface area (Å²) in [5.74, 6) is -0.488. The number of H-pyrrole nitrogens is 1. The number of ether oxygens (including phenoxy) is 1. The molecule has 3 aromatic rings. The van der Waals surface area contributed by atoms with E-state index < -0.39 is 16.6 Å². The van der Waals surface area contributed by atoms with E-state index in [0.717, 1.165) is 23.1 Å². The zero-order chi connectivity index (χ0) is 17.5. The number of methoxy groups -OCH3 is 1. The van der Waals surface area contributed by atoms with Gasteiger partial charge in [0.05, 0.1) is 7.11 Å². The lowest BCUT2D eigenvalue weighted by Gasteiger charge is -2.15. The molecule has 2 N–H and O–H groups in total. The first-order valence-corrected chi connectivity index (χ1v) is 8.21. The molecular formula is C15H10F3NO3S2. The lowest BCUT2D eigenvalue weighted by Crippen LogP contribution is -2.08. The number of thiazole rings is 1. The van der Waals surface area contributed by atoms with Gasteiger partial charge in [-0.3, -0.25) is 9.78 Å². The predicted molar refractivity (Wildman–Crippen MR) is 86.2 cm³/mol. The largest absolute Gasteiger partial charge is 0.496 e. The molecule has 0 radical (unpaired) electrons. The van der Waals surface area contributed by atoms with E-state index in [9.17, 15) is 23.1 Å². The van der Waals surface area contributed by atoms with Crippen LogP contribution in [0.15, 0.2) is 44.2 Å². The Balaban J connectivity index is 2.09. The molecule has 0 spiro atoms. The minimum atomic E-state index is -4.54. The average molecular weight is 373 g/mol. The predicted octanol–water partition coefficient (Wildman–Crippen LogP) is 4.47. The molecule has 0 bridgehead atoms. The van der Waals surface area contributed by atoms with Gasteiger partial charge in [-0.1, -0.05) is 35.2 Å². The molecule has 1 aromatic heterocycles.